The molecule has 3 aromatic rings. The van der Waals surface area contributed by atoms with Crippen LogP contribution in [0.4, 0.5) is 13.2 Å². The third-order valence-electron chi connectivity index (χ3n) is 3.15. The van der Waals surface area contributed by atoms with Gasteiger partial charge < -0.3 is 9.26 Å². The Morgan fingerprint density at radius 3 is 2.58 bits per heavy atom. The number of rotatable bonds is 3. The number of halogens is 4. The summed E-state index contributed by atoms with van der Waals surface area (Å²) in [5.74, 6) is 0.881. The zero-order valence-electron chi connectivity index (χ0n) is 12.1. The molecule has 0 saturated carbocycles. The maximum Gasteiger partial charge on any atom is 0.417 e. The molecule has 0 aliphatic rings. The van der Waals surface area contributed by atoms with Gasteiger partial charge in [-0.25, -0.2) is 0 Å². The van der Waals surface area contributed by atoms with Crippen molar-refractivity contribution >= 4 is 15.9 Å². The molecule has 0 aliphatic heterocycles. The normalized spacial score (nSPS) is 11.5. The minimum atomic E-state index is -4.45. The van der Waals surface area contributed by atoms with Gasteiger partial charge in [-0.1, -0.05) is 5.16 Å². The molecule has 0 amide bonds. The largest absolute Gasteiger partial charge is 0.497 e. The van der Waals surface area contributed by atoms with Gasteiger partial charge >= 0.3 is 6.18 Å². The number of methoxy groups -OCH3 is 1. The van der Waals surface area contributed by atoms with E-state index in [0.29, 0.717) is 15.8 Å². The number of hydrogen-bond acceptors (Lipinski definition) is 5. The van der Waals surface area contributed by atoms with Crippen molar-refractivity contribution in [2.75, 3.05) is 7.11 Å². The van der Waals surface area contributed by atoms with Crippen LogP contribution in [-0.2, 0) is 6.18 Å². The molecule has 3 rings (SSSR count). The number of hydrogen-bond donors (Lipinski definition) is 0. The van der Waals surface area contributed by atoms with E-state index in [1.807, 2.05) is 0 Å². The molecule has 0 bridgehead atoms. The fourth-order valence-corrected chi connectivity index (χ4v) is 2.34. The number of ether oxygens (including phenoxy) is 1. The molecule has 24 heavy (non-hydrogen) atoms. The standard InChI is InChI=1S/C15H9BrF3N3O2/c1-23-9-3-4-11(16)10(6-9)14-21-13(22-24-14)12-5-2-8(7-20-12)15(17,18)19/h2-7H,1H3. The Morgan fingerprint density at radius 2 is 1.96 bits per heavy atom. The maximum absolute atomic E-state index is 12.6. The highest BCUT2D eigenvalue weighted by Gasteiger charge is 2.30. The summed E-state index contributed by atoms with van der Waals surface area (Å²) >= 11 is 3.37. The minimum absolute atomic E-state index is 0.0912. The molecule has 0 spiro atoms. The summed E-state index contributed by atoms with van der Waals surface area (Å²) in [6.07, 6.45) is -3.72. The summed E-state index contributed by atoms with van der Waals surface area (Å²) in [5.41, 5.74) is -0.0671. The van der Waals surface area contributed by atoms with Crippen LogP contribution in [0.3, 0.4) is 0 Å². The molecule has 0 fully saturated rings. The van der Waals surface area contributed by atoms with Gasteiger partial charge in [-0.15, -0.1) is 0 Å². The Bertz CT molecular complexity index is 863. The van der Waals surface area contributed by atoms with E-state index in [2.05, 4.69) is 31.1 Å². The van der Waals surface area contributed by atoms with Crippen molar-refractivity contribution < 1.29 is 22.4 Å². The Kier molecular flexibility index (Phi) is 4.27. The SMILES string of the molecule is COc1ccc(Br)c(-c2nc(-c3ccc(C(F)(F)F)cn3)no2)c1. The van der Waals surface area contributed by atoms with E-state index >= 15 is 0 Å². The number of aromatic nitrogens is 3. The molecular weight excluding hydrogens is 391 g/mol. The quantitative estimate of drug-likeness (QED) is 0.644. The fraction of sp³-hybridized carbons (Fsp3) is 0.133. The highest BCUT2D eigenvalue weighted by Crippen LogP contribution is 2.32. The summed E-state index contributed by atoms with van der Waals surface area (Å²) in [4.78, 5) is 7.91. The Labute approximate surface area is 142 Å². The van der Waals surface area contributed by atoms with Crippen molar-refractivity contribution in [3.63, 3.8) is 0 Å². The van der Waals surface area contributed by atoms with Crippen molar-refractivity contribution in [2.24, 2.45) is 0 Å². The van der Waals surface area contributed by atoms with Crippen LogP contribution in [0.2, 0.25) is 0 Å². The van der Waals surface area contributed by atoms with E-state index in [1.54, 1.807) is 18.2 Å². The van der Waals surface area contributed by atoms with E-state index in [0.717, 1.165) is 12.3 Å². The molecule has 0 aliphatic carbocycles. The molecule has 0 unspecified atom stereocenters. The van der Waals surface area contributed by atoms with Gasteiger partial charge in [0, 0.05) is 10.7 Å². The average Bonchev–Trinajstić information content (AvgIpc) is 3.04. The van der Waals surface area contributed by atoms with Gasteiger partial charge in [0.2, 0.25) is 5.82 Å². The first-order valence-corrected chi connectivity index (χ1v) is 7.39. The lowest BCUT2D eigenvalue weighted by molar-refractivity contribution is -0.137. The molecule has 1 aromatic carbocycles. The van der Waals surface area contributed by atoms with Crippen LogP contribution >= 0.6 is 15.9 Å². The van der Waals surface area contributed by atoms with Crippen LogP contribution in [0.15, 0.2) is 45.5 Å². The molecule has 5 nitrogen and oxygen atoms in total. The topological polar surface area (TPSA) is 61.0 Å². The first-order valence-electron chi connectivity index (χ1n) is 6.60. The zero-order chi connectivity index (χ0) is 17.3. The predicted octanol–water partition coefficient (Wildman–Crippen LogP) is 4.59. The van der Waals surface area contributed by atoms with Crippen LogP contribution in [-0.4, -0.2) is 22.2 Å². The minimum Gasteiger partial charge on any atom is -0.497 e. The Balaban J connectivity index is 1.94. The smallest absolute Gasteiger partial charge is 0.417 e. The molecular formula is C15H9BrF3N3O2. The van der Waals surface area contributed by atoms with Gasteiger partial charge in [0.1, 0.15) is 11.4 Å². The number of nitrogens with zero attached hydrogens (tertiary/aromatic N) is 3. The lowest BCUT2D eigenvalue weighted by atomic mass is 10.2. The van der Waals surface area contributed by atoms with Gasteiger partial charge in [0.15, 0.2) is 0 Å². The van der Waals surface area contributed by atoms with Crippen molar-refractivity contribution in [1.29, 1.82) is 0 Å². The molecule has 0 radical (unpaired) electrons. The zero-order valence-corrected chi connectivity index (χ0v) is 13.7. The van der Waals surface area contributed by atoms with Crippen molar-refractivity contribution in [3.05, 3.63) is 46.6 Å². The van der Waals surface area contributed by atoms with Crippen LogP contribution in [0.5, 0.6) is 5.75 Å². The number of benzene rings is 1. The molecule has 0 atom stereocenters. The summed E-state index contributed by atoms with van der Waals surface area (Å²) < 4.78 is 48.7. The van der Waals surface area contributed by atoms with Gasteiger partial charge in [-0.3, -0.25) is 4.98 Å². The number of pyridine rings is 1. The van der Waals surface area contributed by atoms with E-state index in [-0.39, 0.29) is 17.4 Å². The Hall–Kier alpha value is -2.42. The second kappa shape index (κ2) is 6.23. The third kappa shape index (κ3) is 3.25. The van der Waals surface area contributed by atoms with E-state index in [1.165, 1.54) is 13.2 Å². The van der Waals surface area contributed by atoms with Gasteiger partial charge in [-0.2, -0.15) is 18.2 Å². The first-order chi connectivity index (χ1) is 11.4. The van der Waals surface area contributed by atoms with E-state index in [4.69, 9.17) is 9.26 Å². The Morgan fingerprint density at radius 1 is 1.17 bits per heavy atom. The van der Waals surface area contributed by atoms with Crippen LogP contribution in [0.25, 0.3) is 23.0 Å². The highest BCUT2D eigenvalue weighted by molar-refractivity contribution is 9.10. The predicted molar refractivity (Wildman–Crippen MR) is 82.2 cm³/mol. The van der Waals surface area contributed by atoms with Gasteiger partial charge in [0.25, 0.3) is 5.89 Å². The summed E-state index contributed by atoms with van der Waals surface area (Å²) in [5, 5.41) is 3.76. The molecule has 2 heterocycles. The van der Waals surface area contributed by atoms with E-state index < -0.39 is 11.7 Å². The van der Waals surface area contributed by atoms with Crippen LogP contribution in [0.1, 0.15) is 5.56 Å². The highest BCUT2D eigenvalue weighted by atomic mass is 79.9. The summed E-state index contributed by atoms with van der Waals surface area (Å²) in [7, 11) is 1.53. The van der Waals surface area contributed by atoms with Crippen molar-refractivity contribution in [2.45, 2.75) is 6.18 Å². The van der Waals surface area contributed by atoms with Crippen LogP contribution < -0.4 is 4.74 Å². The van der Waals surface area contributed by atoms with Gasteiger partial charge in [-0.05, 0) is 46.3 Å². The summed E-state index contributed by atoms with van der Waals surface area (Å²) in [6.45, 7) is 0. The maximum atomic E-state index is 12.6. The van der Waals surface area contributed by atoms with E-state index in [9.17, 15) is 13.2 Å². The second-order valence-corrected chi connectivity index (χ2v) is 5.55. The molecule has 9 heteroatoms. The van der Waals surface area contributed by atoms with Gasteiger partial charge in [0.05, 0.1) is 18.2 Å². The molecule has 124 valence electrons. The number of alkyl halides is 3. The fourth-order valence-electron chi connectivity index (χ4n) is 1.93. The summed E-state index contributed by atoms with van der Waals surface area (Å²) in [6, 6.07) is 7.32. The second-order valence-electron chi connectivity index (χ2n) is 4.70. The van der Waals surface area contributed by atoms with Crippen molar-refractivity contribution in [1.82, 2.24) is 15.1 Å². The lowest BCUT2D eigenvalue weighted by Gasteiger charge is -2.05. The van der Waals surface area contributed by atoms with Crippen LogP contribution in [0, 0.1) is 0 Å². The molecule has 0 N–H and O–H groups in total. The lowest BCUT2D eigenvalue weighted by Crippen LogP contribution is -2.05. The molecule has 0 saturated heterocycles. The first kappa shape index (κ1) is 16.4. The monoisotopic (exact) mass is 399 g/mol. The van der Waals surface area contributed by atoms with Crippen molar-refractivity contribution in [3.8, 4) is 28.7 Å². The third-order valence-corrected chi connectivity index (χ3v) is 3.84. The molecule has 2 aromatic heterocycles. The average molecular weight is 400 g/mol.